The van der Waals surface area contributed by atoms with Crippen molar-refractivity contribution in [2.75, 3.05) is 24.5 Å². The predicted octanol–water partition coefficient (Wildman–Crippen LogP) is 2.78. The van der Waals surface area contributed by atoms with E-state index in [0.717, 1.165) is 31.6 Å². The Bertz CT molecular complexity index is 1180. The second-order valence-electron chi connectivity index (χ2n) is 9.50. The summed E-state index contributed by atoms with van der Waals surface area (Å²) in [5.41, 5.74) is 3.82. The smallest absolute Gasteiger partial charge is 0.280 e. The minimum atomic E-state index is -2.70. The van der Waals surface area contributed by atoms with Crippen molar-refractivity contribution < 1.29 is 13.6 Å². The topological polar surface area (TPSA) is 88.3 Å². The van der Waals surface area contributed by atoms with Gasteiger partial charge in [-0.3, -0.25) is 9.79 Å². The Hall–Kier alpha value is -3.17. The number of hydrogen-bond acceptors (Lipinski definition) is 6. The fraction of sp³-hybridized carbons (Fsp3) is 0.522. The lowest BCUT2D eigenvalue weighted by molar-refractivity contribution is 0.0942. The minimum Gasteiger partial charge on any atom is -0.342 e. The fourth-order valence-electron chi connectivity index (χ4n) is 5.27. The molecule has 3 atom stereocenters. The maximum atomic E-state index is 13.8. The van der Waals surface area contributed by atoms with Gasteiger partial charge in [0, 0.05) is 31.0 Å². The summed E-state index contributed by atoms with van der Waals surface area (Å²) in [5.74, 6) is 1.41. The molecule has 0 aromatic carbocycles. The van der Waals surface area contributed by atoms with Crippen LogP contribution in [0.5, 0.6) is 0 Å². The Morgan fingerprint density at radius 2 is 2.09 bits per heavy atom. The maximum absolute atomic E-state index is 13.8. The molecule has 2 aromatic heterocycles. The van der Waals surface area contributed by atoms with Crippen LogP contribution >= 0.6 is 0 Å². The highest BCUT2D eigenvalue weighted by Gasteiger charge is 2.46. The number of rotatable bonds is 6. The van der Waals surface area contributed by atoms with E-state index < -0.39 is 6.43 Å². The highest BCUT2D eigenvalue weighted by atomic mass is 19.3. The van der Waals surface area contributed by atoms with Crippen molar-refractivity contribution in [2.45, 2.75) is 45.2 Å². The van der Waals surface area contributed by atoms with Crippen LogP contribution in [0.4, 0.5) is 14.7 Å². The molecule has 4 heterocycles. The summed E-state index contributed by atoms with van der Waals surface area (Å²) >= 11 is 0. The summed E-state index contributed by atoms with van der Waals surface area (Å²) in [5, 5.41) is 3.01. The number of piperidine rings is 1. The number of imidazole rings is 1. The fourth-order valence-corrected chi connectivity index (χ4v) is 5.27. The Morgan fingerprint density at radius 3 is 2.88 bits per heavy atom. The quantitative estimate of drug-likeness (QED) is 0.727. The maximum Gasteiger partial charge on any atom is 0.280 e. The van der Waals surface area contributed by atoms with Gasteiger partial charge in [-0.15, -0.1) is 0 Å². The molecule has 2 aliphatic carbocycles. The van der Waals surface area contributed by atoms with Gasteiger partial charge < -0.3 is 14.8 Å². The molecule has 0 radical (unpaired) electrons. The summed E-state index contributed by atoms with van der Waals surface area (Å²) < 4.78 is 29.1. The van der Waals surface area contributed by atoms with Crippen LogP contribution in [0.1, 0.15) is 54.4 Å². The second-order valence-corrected chi connectivity index (χ2v) is 9.50. The number of aliphatic imine (C=N–C) groups is 1. The van der Waals surface area contributed by atoms with Crippen molar-refractivity contribution in [3.63, 3.8) is 0 Å². The summed E-state index contributed by atoms with van der Waals surface area (Å²) in [6.45, 7) is 4.59. The lowest BCUT2D eigenvalue weighted by Crippen LogP contribution is -2.37. The molecule has 33 heavy (non-hydrogen) atoms. The van der Waals surface area contributed by atoms with Gasteiger partial charge in [0.1, 0.15) is 11.4 Å². The van der Waals surface area contributed by atoms with E-state index in [-0.39, 0.29) is 29.9 Å². The highest BCUT2D eigenvalue weighted by Crippen LogP contribution is 2.45. The van der Waals surface area contributed by atoms with Gasteiger partial charge in [-0.05, 0) is 49.2 Å². The van der Waals surface area contributed by atoms with Gasteiger partial charge in [-0.25, -0.2) is 23.7 Å². The molecule has 4 aliphatic rings. The zero-order valence-electron chi connectivity index (χ0n) is 18.3. The predicted molar refractivity (Wildman–Crippen MR) is 118 cm³/mol. The minimum absolute atomic E-state index is 0.0990. The van der Waals surface area contributed by atoms with Crippen molar-refractivity contribution in [1.82, 2.24) is 24.8 Å². The number of anilines is 1. The van der Waals surface area contributed by atoms with Crippen LogP contribution < -0.4 is 10.2 Å². The Morgan fingerprint density at radius 1 is 1.27 bits per heavy atom. The van der Waals surface area contributed by atoms with E-state index in [9.17, 15) is 13.6 Å². The number of aromatic nitrogens is 4. The van der Waals surface area contributed by atoms with Gasteiger partial charge in [-0.2, -0.15) is 0 Å². The van der Waals surface area contributed by atoms with E-state index in [1.807, 2.05) is 4.90 Å². The highest BCUT2D eigenvalue weighted by molar-refractivity contribution is 6.10. The molecule has 2 unspecified atom stereocenters. The van der Waals surface area contributed by atoms with E-state index in [1.54, 1.807) is 10.8 Å². The Balaban J connectivity index is 1.15. The lowest BCUT2D eigenvalue weighted by atomic mass is 10.1. The van der Waals surface area contributed by atoms with Crippen LogP contribution in [0.3, 0.4) is 0 Å². The van der Waals surface area contributed by atoms with Crippen LogP contribution in [0.15, 0.2) is 34.9 Å². The first kappa shape index (κ1) is 20.4. The monoisotopic (exact) mass is 453 g/mol. The SMILES string of the molecule is CC1=C2CC[C@@H](NC(=O)c3cn(Cc4cnc(N5CC6CC6C5)nc4C(F)F)cn3)C2=NC1. The molecular formula is C23H25F2N7O. The summed E-state index contributed by atoms with van der Waals surface area (Å²) in [6.07, 6.45) is 4.79. The van der Waals surface area contributed by atoms with E-state index in [0.29, 0.717) is 29.9 Å². The molecule has 1 amide bonds. The first-order chi connectivity index (χ1) is 16.0. The van der Waals surface area contributed by atoms with Gasteiger partial charge in [0.2, 0.25) is 5.95 Å². The van der Waals surface area contributed by atoms with Gasteiger partial charge in [0.05, 0.1) is 31.2 Å². The summed E-state index contributed by atoms with van der Waals surface area (Å²) in [6, 6.07) is -0.0990. The average molecular weight is 453 g/mol. The molecule has 10 heteroatoms. The van der Waals surface area contributed by atoms with Crippen LogP contribution in [-0.2, 0) is 6.54 Å². The molecule has 2 aliphatic heterocycles. The van der Waals surface area contributed by atoms with E-state index in [1.165, 1.54) is 30.1 Å². The van der Waals surface area contributed by atoms with E-state index in [4.69, 9.17) is 0 Å². The number of halogens is 2. The van der Waals surface area contributed by atoms with Gasteiger partial charge in [-0.1, -0.05) is 0 Å². The van der Waals surface area contributed by atoms with Gasteiger partial charge in [0.15, 0.2) is 0 Å². The normalized spacial score (nSPS) is 25.5. The van der Waals surface area contributed by atoms with Crippen molar-refractivity contribution in [1.29, 1.82) is 0 Å². The number of amides is 1. The van der Waals surface area contributed by atoms with Gasteiger partial charge in [0.25, 0.3) is 12.3 Å². The first-order valence-corrected chi connectivity index (χ1v) is 11.4. The number of hydrogen-bond donors (Lipinski definition) is 1. The largest absolute Gasteiger partial charge is 0.342 e. The Kier molecular flexibility index (Phi) is 4.77. The average Bonchev–Trinajstić information content (AvgIpc) is 3.27. The third-order valence-corrected chi connectivity index (χ3v) is 7.20. The third-order valence-electron chi connectivity index (χ3n) is 7.20. The zero-order chi connectivity index (χ0) is 22.7. The van der Waals surface area contributed by atoms with Crippen molar-refractivity contribution in [3.05, 3.63) is 46.8 Å². The molecule has 0 spiro atoms. The standard InChI is InChI=1S/C23H25F2N7O/c1-12-5-26-20-16(12)2-3-17(20)29-22(33)18-10-31(11-28-18)7-15-6-27-23(30-19(15)21(24)25)32-8-13-4-14(13)9-32/h6,10-11,13-14,17,21H,2-5,7-9H2,1H3,(H,29,33)/t13?,14?,17-/m1/s1. The number of fused-ring (bicyclic) bond motifs is 2. The molecule has 2 aromatic rings. The third kappa shape index (κ3) is 3.71. The van der Waals surface area contributed by atoms with Gasteiger partial charge >= 0.3 is 0 Å². The van der Waals surface area contributed by atoms with Crippen LogP contribution in [0.2, 0.25) is 0 Å². The van der Waals surface area contributed by atoms with Crippen LogP contribution in [0, 0.1) is 11.8 Å². The molecule has 172 valence electrons. The molecular weight excluding hydrogens is 428 g/mol. The summed E-state index contributed by atoms with van der Waals surface area (Å²) in [7, 11) is 0. The van der Waals surface area contributed by atoms with Crippen LogP contribution in [0.25, 0.3) is 0 Å². The van der Waals surface area contributed by atoms with E-state index >= 15 is 0 Å². The van der Waals surface area contributed by atoms with Crippen molar-refractivity contribution in [3.8, 4) is 0 Å². The van der Waals surface area contributed by atoms with Crippen molar-refractivity contribution in [2.24, 2.45) is 16.8 Å². The molecule has 3 fully saturated rings. The zero-order valence-corrected chi connectivity index (χ0v) is 18.3. The first-order valence-electron chi connectivity index (χ1n) is 11.4. The Labute approximate surface area is 189 Å². The lowest BCUT2D eigenvalue weighted by Gasteiger charge is -2.19. The van der Waals surface area contributed by atoms with Crippen LogP contribution in [-0.4, -0.2) is 56.8 Å². The molecule has 2 saturated carbocycles. The molecule has 6 rings (SSSR count). The number of nitrogens with one attached hydrogen (secondary N) is 1. The number of nitrogens with zero attached hydrogens (tertiary/aromatic N) is 6. The molecule has 1 N–H and O–H groups in total. The molecule has 8 nitrogen and oxygen atoms in total. The molecule has 1 saturated heterocycles. The number of carbonyl (C=O) groups is 1. The number of carbonyl (C=O) groups excluding carboxylic acids is 1. The number of alkyl halides is 2. The van der Waals surface area contributed by atoms with Crippen molar-refractivity contribution >= 4 is 17.6 Å². The van der Waals surface area contributed by atoms with E-state index in [2.05, 4.69) is 32.2 Å². The summed E-state index contributed by atoms with van der Waals surface area (Å²) in [4.78, 5) is 32.0. The second kappa shape index (κ2) is 7.71. The molecule has 0 bridgehead atoms.